The summed E-state index contributed by atoms with van der Waals surface area (Å²) in [5.74, 6) is -0.388. The van der Waals surface area contributed by atoms with E-state index in [2.05, 4.69) is 9.79 Å². The second-order valence-corrected chi connectivity index (χ2v) is 3.39. The summed E-state index contributed by atoms with van der Waals surface area (Å²) < 4.78 is 6.19. The maximum atomic E-state index is 11.4. The first-order chi connectivity index (χ1) is 7.22. The smallest absolute Gasteiger partial charge is 0.264 e. The van der Waals surface area contributed by atoms with Gasteiger partial charge in [-0.05, 0) is 26.0 Å². The Kier molecular flexibility index (Phi) is 2.41. The SMILES string of the molecule is CC[n+]1noc([O-])c1-c1ccc(C)cc1. The molecule has 1 aromatic heterocycles. The van der Waals surface area contributed by atoms with Crippen LogP contribution in [0.4, 0.5) is 0 Å². The van der Waals surface area contributed by atoms with Crippen molar-refractivity contribution in [3.63, 3.8) is 0 Å². The van der Waals surface area contributed by atoms with Gasteiger partial charge in [-0.15, -0.1) is 0 Å². The molecule has 78 valence electrons. The summed E-state index contributed by atoms with van der Waals surface area (Å²) in [7, 11) is 0. The van der Waals surface area contributed by atoms with Crippen molar-refractivity contribution in [2.45, 2.75) is 20.4 Å². The first-order valence-corrected chi connectivity index (χ1v) is 4.86. The molecule has 0 atom stereocenters. The minimum atomic E-state index is -0.388. The van der Waals surface area contributed by atoms with Crippen molar-refractivity contribution in [3.05, 3.63) is 29.8 Å². The average molecular weight is 204 g/mol. The highest BCUT2D eigenvalue weighted by Gasteiger charge is 2.17. The minimum Gasteiger partial charge on any atom is -0.539 e. The fraction of sp³-hybridized carbons (Fsp3) is 0.273. The molecule has 15 heavy (non-hydrogen) atoms. The first-order valence-electron chi connectivity index (χ1n) is 4.86. The number of nitrogens with zero attached hydrogens (tertiary/aromatic N) is 2. The van der Waals surface area contributed by atoms with E-state index in [0.29, 0.717) is 12.2 Å². The third-order valence-electron chi connectivity index (χ3n) is 2.30. The molecule has 0 aliphatic rings. The lowest BCUT2D eigenvalue weighted by Crippen LogP contribution is -2.36. The van der Waals surface area contributed by atoms with Crippen molar-refractivity contribution in [1.29, 1.82) is 0 Å². The molecular weight excluding hydrogens is 192 g/mol. The van der Waals surface area contributed by atoms with Gasteiger partial charge in [0, 0.05) is 0 Å². The number of hydrogen-bond donors (Lipinski definition) is 0. The Labute approximate surface area is 87.7 Å². The van der Waals surface area contributed by atoms with Crippen molar-refractivity contribution in [3.8, 4) is 17.2 Å². The molecule has 0 spiro atoms. The van der Waals surface area contributed by atoms with Crippen LogP contribution in [0.5, 0.6) is 5.95 Å². The van der Waals surface area contributed by atoms with Gasteiger partial charge in [0.2, 0.25) is 0 Å². The fourth-order valence-electron chi connectivity index (χ4n) is 1.47. The van der Waals surface area contributed by atoms with Crippen molar-refractivity contribution >= 4 is 0 Å². The minimum absolute atomic E-state index is 0.388. The van der Waals surface area contributed by atoms with Gasteiger partial charge in [-0.25, -0.2) is 0 Å². The number of aryl methyl sites for hydroxylation is 2. The van der Waals surface area contributed by atoms with Gasteiger partial charge < -0.3 is 9.63 Å². The van der Waals surface area contributed by atoms with Crippen molar-refractivity contribution < 1.29 is 14.3 Å². The molecule has 0 saturated heterocycles. The zero-order valence-electron chi connectivity index (χ0n) is 8.73. The molecule has 2 aromatic rings. The summed E-state index contributed by atoms with van der Waals surface area (Å²) >= 11 is 0. The van der Waals surface area contributed by atoms with Crippen LogP contribution < -0.4 is 9.79 Å². The van der Waals surface area contributed by atoms with Gasteiger partial charge in [-0.2, -0.15) is 0 Å². The molecule has 2 rings (SSSR count). The number of hydrogen-bond acceptors (Lipinski definition) is 3. The van der Waals surface area contributed by atoms with E-state index in [9.17, 15) is 5.11 Å². The molecule has 0 aliphatic heterocycles. The molecule has 1 aromatic carbocycles. The van der Waals surface area contributed by atoms with E-state index in [1.807, 2.05) is 38.1 Å². The van der Waals surface area contributed by atoms with E-state index >= 15 is 0 Å². The van der Waals surface area contributed by atoms with Crippen LogP contribution in [-0.4, -0.2) is 5.27 Å². The normalized spacial score (nSPS) is 10.5. The van der Waals surface area contributed by atoms with E-state index in [1.165, 1.54) is 0 Å². The first kappa shape index (κ1) is 9.71. The van der Waals surface area contributed by atoms with Crippen LogP contribution in [0.2, 0.25) is 0 Å². The molecule has 0 amide bonds. The zero-order chi connectivity index (χ0) is 10.8. The molecule has 4 heteroatoms. The Morgan fingerprint density at radius 2 is 2.00 bits per heavy atom. The molecule has 0 unspecified atom stereocenters. The molecule has 1 heterocycles. The van der Waals surface area contributed by atoms with E-state index in [4.69, 9.17) is 0 Å². The number of benzene rings is 1. The van der Waals surface area contributed by atoms with Gasteiger partial charge in [0.1, 0.15) is 0 Å². The standard InChI is InChI=1S/C11H12N2O2/c1-3-13-10(11(14)15-12-13)9-6-4-8(2)5-7-9/h4-7H,3H2,1-2H3. The maximum Gasteiger partial charge on any atom is 0.264 e. The molecule has 0 bridgehead atoms. The predicted molar refractivity (Wildman–Crippen MR) is 52.0 cm³/mol. The van der Waals surface area contributed by atoms with Gasteiger partial charge >= 0.3 is 0 Å². The molecule has 0 saturated carbocycles. The van der Waals surface area contributed by atoms with Gasteiger partial charge in [0.05, 0.1) is 10.8 Å². The Morgan fingerprint density at radius 3 is 2.60 bits per heavy atom. The van der Waals surface area contributed by atoms with E-state index < -0.39 is 0 Å². The molecule has 0 radical (unpaired) electrons. The second kappa shape index (κ2) is 3.73. The van der Waals surface area contributed by atoms with Gasteiger partial charge in [-0.1, -0.05) is 22.4 Å². The van der Waals surface area contributed by atoms with Gasteiger partial charge in [0.25, 0.3) is 5.69 Å². The second-order valence-electron chi connectivity index (χ2n) is 3.39. The molecule has 0 aliphatic carbocycles. The zero-order valence-corrected chi connectivity index (χ0v) is 8.73. The number of aromatic nitrogens is 2. The lowest BCUT2D eigenvalue weighted by Gasteiger charge is -1.98. The van der Waals surface area contributed by atoms with Crippen LogP contribution >= 0.6 is 0 Å². The van der Waals surface area contributed by atoms with Crippen LogP contribution in [0.15, 0.2) is 28.8 Å². The lowest BCUT2D eigenvalue weighted by molar-refractivity contribution is -0.749. The van der Waals surface area contributed by atoms with Crippen molar-refractivity contribution in [2.75, 3.05) is 0 Å². The van der Waals surface area contributed by atoms with Crippen LogP contribution in [0.1, 0.15) is 12.5 Å². The summed E-state index contributed by atoms with van der Waals surface area (Å²) in [6.07, 6.45) is 0. The predicted octanol–water partition coefficient (Wildman–Crippen LogP) is 1.03. The van der Waals surface area contributed by atoms with Gasteiger partial charge in [0.15, 0.2) is 12.5 Å². The average Bonchev–Trinajstić information content (AvgIpc) is 2.61. The largest absolute Gasteiger partial charge is 0.539 e. The van der Waals surface area contributed by atoms with E-state index in [0.717, 1.165) is 11.1 Å². The molecular formula is C11H12N2O2. The summed E-state index contributed by atoms with van der Waals surface area (Å²) in [5.41, 5.74) is 2.51. The van der Waals surface area contributed by atoms with Gasteiger partial charge in [-0.3, -0.25) is 0 Å². The highest BCUT2D eigenvalue weighted by atomic mass is 16.6. The third kappa shape index (κ3) is 1.70. The highest BCUT2D eigenvalue weighted by molar-refractivity contribution is 5.59. The maximum absolute atomic E-state index is 11.4. The lowest BCUT2D eigenvalue weighted by atomic mass is 10.1. The summed E-state index contributed by atoms with van der Waals surface area (Å²) in [6, 6.07) is 7.72. The summed E-state index contributed by atoms with van der Waals surface area (Å²) in [4.78, 5) is 0. The highest BCUT2D eigenvalue weighted by Crippen LogP contribution is 2.22. The van der Waals surface area contributed by atoms with Crippen molar-refractivity contribution in [2.24, 2.45) is 0 Å². The summed E-state index contributed by atoms with van der Waals surface area (Å²) in [6.45, 7) is 4.54. The van der Waals surface area contributed by atoms with Crippen LogP contribution in [0, 0.1) is 6.92 Å². The van der Waals surface area contributed by atoms with E-state index in [-0.39, 0.29) is 5.95 Å². The summed E-state index contributed by atoms with van der Waals surface area (Å²) in [5, 5.41) is 15.1. The molecule has 0 fully saturated rings. The monoisotopic (exact) mass is 204 g/mol. The van der Waals surface area contributed by atoms with E-state index in [1.54, 1.807) is 4.68 Å². The Morgan fingerprint density at radius 1 is 1.33 bits per heavy atom. The molecule has 4 nitrogen and oxygen atoms in total. The topological polar surface area (TPSA) is 53.0 Å². The Balaban J connectivity index is 2.52. The van der Waals surface area contributed by atoms with Crippen LogP contribution in [-0.2, 0) is 6.54 Å². The van der Waals surface area contributed by atoms with Crippen LogP contribution in [0.3, 0.4) is 0 Å². The van der Waals surface area contributed by atoms with Crippen molar-refractivity contribution in [1.82, 2.24) is 5.27 Å². The molecule has 0 N–H and O–H groups in total. The quantitative estimate of drug-likeness (QED) is 0.686. The Bertz CT molecular complexity index is 460. The van der Waals surface area contributed by atoms with Crippen LogP contribution in [0.25, 0.3) is 11.3 Å². The Hall–Kier alpha value is -1.84. The number of rotatable bonds is 2. The third-order valence-corrected chi connectivity index (χ3v) is 2.30. The fourth-order valence-corrected chi connectivity index (χ4v) is 1.47.